The predicted molar refractivity (Wildman–Crippen MR) is 53.8 cm³/mol. The van der Waals surface area contributed by atoms with Gasteiger partial charge in [0, 0.05) is 0 Å². The molecule has 3 heteroatoms. The number of aliphatic carboxylic acids is 1. The third-order valence-corrected chi connectivity index (χ3v) is 4.27. The van der Waals surface area contributed by atoms with Crippen LogP contribution in [0.15, 0.2) is 0 Å². The molecule has 0 spiro atoms. The first-order chi connectivity index (χ1) is 6.65. The van der Waals surface area contributed by atoms with Crippen LogP contribution in [-0.2, 0) is 4.79 Å². The van der Waals surface area contributed by atoms with E-state index < -0.39 is 5.97 Å². The molecule has 1 unspecified atom stereocenters. The molecule has 80 valence electrons. The van der Waals surface area contributed by atoms with Gasteiger partial charge in [0.05, 0.1) is 6.42 Å². The van der Waals surface area contributed by atoms with Gasteiger partial charge < -0.3 is 10.8 Å². The van der Waals surface area contributed by atoms with Crippen molar-refractivity contribution in [2.24, 2.45) is 23.0 Å². The maximum atomic E-state index is 10.8. The molecule has 0 amide bonds. The number of carbonyl (C=O) groups is 1. The molecule has 2 aliphatic carbocycles. The Bertz CT molecular complexity index is 241. The number of carboxylic acids is 1. The average Bonchev–Trinajstić information content (AvgIpc) is 2.09. The quantitative estimate of drug-likeness (QED) is 0.722. The van der Waals surface area contributed by atoms with Crippen LogP contribution in [0, 0.1) is 17.3 Å². The van der Waals surface area contributed by atoms with Crippen LogP contribution in [0.5, 0.6) is 0 Å². The van der Waals surface area contributed by atoms with E-state index in [4.69, 9.17) is 10.8 Å². The van der Waals surface area contributed by atoms with E-state index in [9.17, 15) is 4.79 Å². The smallest absolute Gasteiger partial charge is 0.303 e. The number of nitrogens with two attached hydrogens (primary N) is 1. The topological polar surface area (TPSA) is 63.3 Å². The number of hydrogen-bond acceptors (Lipinski definition) is 2. The van der Waals surface area contributed by atoms with Gasteiger partial charge in [-0.3, -0.25) is 4.79 Å². The van der Waals surface area contributed by atoms with Crippen molar-refractivity contribution in [3.63, 3.8) is 0 Å². The van der Waals surface area contributed by atoms with E-state index in [1.807, 2.05) is 0 Å². The van der Waals surface area contributed by atoms with Crippen LogP contribution in [-0.4, -0.2) is 17.6 Å². The number of hydrogen-bond donors (Lipinski definition) is 2. The van der Waals surface area contributed by atoms with Crippen molar-refractivity contribution in [3.05, 3.63) is 0 Å². The van der Waals surface area contributed by atoms with Crippen LogP contribution in [0.2, 0.25) is 0 Å². The summed E-state index contributed by atoms with van der Waals surface area (Å²) in [6.07, 6.45) is 6.21. The van der Waals surface area contributed by atoms with E-state index in [0.717, 1.165) is 24.7 Å². The molecule has 0 aromatic carbocycles. The molecule has 2 saturated carbocycles. The second-order valence-corrected chi connectivity index (χ2v) is 5.11. The minimum atomic E-state index is -0.687. The zero-order valence-electron chi connectivity index (χ0n) is 8.54. The first kappa shape index (κ1) is 9.97. The lowest BCUT2D eigenvalue weighted by Gasteiger charge is -2.49. The molecule has 3 atom stereocenters. The molecule has 0 saturated heterocycles. The lowest BCUT2D eigenvalue weighted by Crippen LogP contribution is -2.44. The van der Waals surface area contributed by atoms with Crippen molar-refractivity contribution in [2.75, 3.05) is 6.54 Å². The third-order valence-electron chi connectivity index (χ3n) is 4.27. The summed E-state index contributed by atoms with van der Waals surface area (Å²) in [4.78, 5) is 10.8. The van der Waals surface area contributed by atoms with Gasteiger partial charge >= 0.3 is 5.97 Å². The summed E-state index contributed by atoms with van der Waals surface area (Å²) < 4.78 is 0. The Morgan fingerprint density at radius 1 is 1.36 bits per heavy atom. The highest BCUT2D eigenvalue weighted by atomic mass is 16.4. The molecular weight excluding hydrogens is 178 g/mol. The average molecular weight is 197 g/mol. The normalized spacial score (nSPS) is 41.2. The predicted octanol–water partition coefficient (Wildman–Crippen LogP) is 1.62. The van der Waals surface area contributed by atoms with E-state index in [0.29, 0.717) is 6.54 Å². The van der Waals surface area contributed by atoms with Crippen LogP contribution in [0.3, 0.4) is 0 Å². The zero-order valence-corrected chi connectivity index (χ0v) is 8.54. The molecule has 0 aromatic rings. The van der Waals surface area contributed by atoms with E-state index in [2.05, 4.69) is 0 Å². The van der Waals surface area contributed by atoms with Crippen molar-refractivity contribution < 1.29 is 9.90 Å². The molecule has 0 bridgehead atoms. The summed E-state index contributed by atoms with van der Waals surface area (Å²) in [7, 11) is 0. The summed E-state index contributed by atoms with van der Waals surface area (Å²) in [6, 6.07) is 0. The van der Waals surface area contributed by atoms with Gasteiger partial charge in [0.2, 0.25) is 0 Å². The first-order valence-corrected chi connectivity index (χ1v) is 5.57. The lowest BCUT2D eigenvalue weighted by atomic mass is 9.56. The molecule has 14 heavy (non-hydrogen) atoms. The van der Waals surface area contributed by atoms with Gasteiger partial charge in [-0.2, -0.15) is 0 Å². The number of rotatable bonds is 3. The van der Waals surface area contributed by atoms with Gasteiger partial charge in [0.25, 0.3) is 0 Å². The third kappa shape index (κ3) is 1.65. The van der Waals surface area contributed by atoms with E-state index in [-0.39, 0.29) is 11.8 Å². The Balaban J connectivity index is 2.01. The molecule has 0 aliphatic heterocycles. The SMILES string of the molecule is NC[C@@]1(CC(=O)O)CC[C@@H]2CCC2C1. The largest absolute Gasteiger partial charge is 0.481 e. The zero-order chi connectivity index (χ0) is 10.2. The molecule has 2 rings (SSSR count). The van der Waals surface area contributed by atoms with Gasteiger partial charge in [0.15, 0.2) is 0 Å². The lowest BCUT2D eigenvalue weighted by molar-refractivity contribution is -0.141. The van der Waals surface area contributed by atoms with Crippen LogP contribution >= 0.6 is 0 Å². The standard InChI is InChI=1S/C11H19NO2/c12-7-11(6-10(13)14)4-3-8-1-2-9(8)5-11/h8-9H,1-7,12H2,(H,13,14)/t8-,9?,11-/m0/s1. The highest BCUT2D eigenvalue weighted by Crippen LogP contribution is 2.52. The maximum Gasteiger partial charge on any atom is 0.303 e. The second kappa shape index (κ2) is 3.54. The molecule has 0 radical (unpaired) electrons. The minimum Gasteiger partial charge on any atom is -0.481 e. The molecule has 3 N–H and O–H groups in total. The van der Waals surface area contributed by atoms with Gasteiger partial charge in [-0.25, -0.2) is 0 Å². The van der Waals surface area contributed by atoms with Crippen molar-refractivity contribution in [1.29, 1.82) is 0 Å². The van der Waals surface area contributed by atoms with Gasteiger partial charge in [0.1, 0.15) is 0 Å². The van der Waals surface area contributed by atoms with E-state index >= 15 is 0 Å². The van der Waals surface area contributed by atoms with Gasteiger partial charge in [-0.15, -0.1) is 0 Å². The number of carboxylic acid groups (broad SMARTS) is 1. The first-order valence-electron chi connectivity index (χ1n) is 5.57. The Morgan fingerprint density at radius 2 is 2.07 bits per heavy atom. The van der Waals surface area contributed by atoms with Crippen LogP contribution < -0.4 is 5.73 Å². The fourth-order valence-corrected chi connectivity index (χ4v) is 3.18. The highest BCUT2D eigenvalue weighted by Gasteiger charge is 2.44. The highest BCUT2D eigenvalue weighted by molar-refractivity contribution is 5.67. The molecule has 2 aliphatic rings. The molecule has 3 nitrogen and oxygen atoms in total. The fourth-order valence-electron chi connectivity index (χ4n) is 3.18. The molecule has 0 heterocycles. The summed E-state index contributed by atoms with van der Waals surface area (Å²) in [5.74, 6) is 0.989. The molecule has 0 aromatic heterocycles. The monoisotopic (exact) mass is 197 g/mol. The summed E-state index contributed by atoms with van der Waals surface area (Å²) in [6.45, 7) is 0.544. The van der Waals surface area contributed by atoms with Crippen LogP contribution in [0.25, 0.3) is 0 Å². The van der Waals surface area contributed by atoms with Crippen molar-refractivity contribution >= 4 is 5.97 Å². The summed E-state index contributed by atoms with van der Waals surface area (Å²) in [5.41, 5.74) is 5.68. The fraction of sp³-hybridized carbons (Fsp3) is 0.909. The second-order valence-electron chi connectivity index (χ2n) is 5.11. The van der Waals surface area contributed by atoms with E-state index in [1.165, 1.54) is 19.3 Å². The minimum absolute atomic E-state index is 0.0760. The van der Waals surface area contributed by atoms with Crippen LogP contribution in [0.4, 0.5) is 0 Å². The summed E-state index contributed by atoms with van der Waals surface area (Å²) in [5, 5.41) is 8.88. The summed E-state index contributed by atoms with van der Waals surface area (Å²) >= 11 is 0. The molecular formula is C11H19NO2. The van der Waals surface area contributed by atoms with Gasteiger partial charge in [-0.05, 0) is 55.9 Å². The Hall–Kier alpha value is -0.570. The van der Waals surface area contributed by atoms with Gasteiger partial charge in [-0.1, -0.05) is 0 Å². The molecule has 2 fully saturated rings. The van der Waals surface area contributed by atoms with Crippen molar-refractivity contribution in [2.45, 2.75) is 38.5 Å². The Labute approximate surface area is 84.7 Å². The Kier molecular flexibility index (Phi) is 2.52. The maximum absolute atomic E-state index is 10.8. The number of fused-ring (bicyclic) bond motifs is 1. The Morgan fingerprint density at radius 3 is 2.50 bits per heavy atom. The van der Waals surface area contributed by atoms with Crippen molar-refractivity contribution in [1.82, 2.24) is 0 Å². The van der Waals surface area contributed by atoms with Crippen LogP contribution in [0.1, 0.15) is 38.5 Å². The van der Waals surface area contributed by atoms with E-state index in [1.54, 1.807) is 0 Å². The van der Waals surface area contributed by atoms with Crippen molar-refractivity contribution in [3.8, 4) is 0 Å².